The summed E-state index contributed by atoms with van der Waals surface area (Å²) in [6, 6.07) is 5.87. The molecule has 0 saturated heterocycles. The van der Waals surface area contributed by atoms with Crippen LogP contribution in [0.2, 0.25) is 0 Å². The molecule has 1 aromatic carbocycles. The maximum Gasteiger partial charge on any atom is 0.242 e. The Balaban J connectivity index is 2.82. The summed E-state index contributed by atoms with van der Waals surface area (Å²) in [7, 11) is 0. The minimum atomic E-state index is -0.504. The van der Waals surface area contributed by atoms with Crippen LogP contribution in [-0.4, -0.2) is 11.3 Å². The lowest BCUT2D eigenvalue weighted by Crippen LogP contribution is -2.20. The zero-order valence-electron chi connectivity index (χ0n) is 8.60. The van der Waals surface area contributed by atoms with E-state index in [-0.39, 0.29) is 5.91 Å². The molecule has 0 bridgehead atoms. The molecule has 0 aromatic heterocycles. The molecule has 3 heteroatoms. The summed E-state index contributed by atoms with van der Waals surface area (Å²) >= 11 is 5.65. The van der Waals surface area contributed by atoms with Crippen molar-refractivity contribution in [1.29, 1.82) is 0 Å². The van der Waals surface area contributed by atoms with Crippen LogP contribution < -0.4 is 5.32 Å². The van der Waals surface area contributed by atoms with Crippen molar-refractivity contribution in [3.8, 4) is 0 Å². The molecular formula is C11H14ClNO. The van der Waals surface area contributed by atoms with E-state index in [1.165, 1.54) is 5.56 Å². The second kappa shape index (κ2) is 4.47. The van der Waals surface area contributed by atoms with Crippen LogP contribution in [0.3, 0.4) is 0 Å². The van der Waals surface area contributed by atoms with E-state index in [9.17, 15) is 4.79 Å². The zero-order chi connectivity index (χ0) is 10.7. The maximum absolute atomic E-state index is 11.3. The van der Waals surface area contributed by atoms with Crippen molar-refractivity contribution in [1.82, 2.24) is 0 Å². The highest BCUT2D eigenvalue weighted by molar-refractivity contribution is 6.32. The fourth-order valence-corrected chi connectivity index (χ4v) is 1.24. The summed E-state index contributed by atoms with van der Waals surface area (Å²) < 4.78 is 0. The van der Waals surface area contributed by atoms with Crippen molar-refractivity contribution in [2.24, 2.45) is 0 Å². The minimum Gasteiger partial charge on any atom is -0.325 e. The van der Waals surface area contributed by atoms with Crippen LogP contribution in [0.25, 0.3) is 0 Å². The first-order valence-corrected chi connectivity index (χ1v) is 4.96. The number of hydrogen-bond acceptors (Lipinski definition) is 1. The molecule has 1 amide bonds. The highest BCUT2D eigenvalue weighted by Crippen LogP contribution is 2.16. The second-order valence-electron chi connectivity index (χ2n) is 3.42. The monoisotopic (exact) mass is 211 g/mol. The summed E-state index contributed by atoms with van der Waals surface area (Å²) in [5.41, 5.74) is 3.06. The van der Waals surface area contributed by atoms with Crippen molar-refractivity contribution in [3.63, 3.8) is 0 Å². The van der Waals surface area contributed by atoms with E-state index in [0.29, 0.717) is 0 Å². The fourth-order valence-electron chi connectivity index (χ4n) is 1.19. The number of carbonyl (C=O) groups excluding carboxylic acids is 1. The molecule has 1 atom stereocenters. The Morgan fingerprint density at radius 2 is 2.07 bits per heavy atom. The van der Waals surface area contributed by atoms with E-state index in [4.69, 9.17) is 11.6 Å². The molecule has 0 aliphatic heterocycles. The molecule has 0 saturated carbocycles. The Labute approximate surface area is 89.3 Å². The number of anilines is 1. The van der Waals surface area contributed by atoms with E-state index in [0.717, 1.165) is 11.3 Å². The van der Waals surface area contributed by atoms with Crippen LogP contribution in [0.1, 0.15) is 18.1 Å². The Hall–Kier alpha value is -1.02. The largest absolute Gasteiger partial charge is 0.325 e. The van der Waals surface area contributed by atoms with Gasteiger partial charge in [-0.3, -0.25) is 4.79 Å². The number of carbonyl (C=O) groups is 1. The van der Waals surface area contributed by atoms with Crippen molar-refractivity contribution < 1.29 is 4.79 Å². The lowest BCUT2D eigenvalue weighted by molar-refractivity contribution is -0.115. The molecule has 0 aliphatic carbocycles. The fraction of sp³-hybridized carbons (Fsp3) is 0.364. The zero-order valence-corrected chi connectivity index (χ0v) is 9.35. The Bertz CT molecular complexity index is 347. The molecular weight excluding hydrogens is 198 g/mol. The van der Waals surface area contributed by atoms with Gasteiger partial charge in [0.05, 0.1) is 0 Å². The van der Waals surface area contributed by atoms with Crippen LogP contribution in [0.4, 0.5) is 5.69 Å². The summed E-state index contributed by atoms with van der Waals surface area (Å²) in [5, 5.41) is 2.26. The molecule has 0 spiro atoms. The molecule has 76 valence electrons. The van der Waals surface area contributed by atoms with Gasteiger partial charge in [0.1, 0.15) is 5.38 Å². The third-order valence-electron chi connectivity index (χ3n) is 2.00. The van der Waals surface area contributed by atoms with Gasteiger partial charge < -0.3 is 5.32 Å². The van der Waals surface area contributed by atoms with Gasteiger partial charge in [-0.25, -0.2) is 0 Å². The van der Waals surface area contributed by atoms with Gasteiger partial charge in [-0.1, -0.05) is 17.7 Å². The molecule has 14 heavy (non-hydrogen) atoms. The summed E-state index contributed by atoms with van der Waals surface area (Å²) in [5.74, 6) is -0.168. The maximum atomic E-state index is 11.3. The molecule has 0 fully saturated rings. The SMILES string of the molecule is Cc1ccc(NC(=O)C(C)Cl)c(C)c1. The first-order chi connectivity index (χ1) is 6.50. The molecule has 2 nitrogen and oxygen atoms in total. The molecule has 1 unspecified atom stereocenters. The quantitative estimate of drug-likeness (QED) is 0.749. The number of halogens is 1. The van der Waals surface area contributed by atoms with Gasteiger partial charge in [0.2, 0.25) is 5.91 Å². The number of aryl methyl sites for hydroxylation is 2. The average molecular weight is 212 g/mol. The summed E-state index contributed by atoms with van der Waals surface area (Å²) in [6.45, 7) is 5.63. The van der Waals surface area contributed by atoms with Crippen molar-refractivity contribution >= 4 is 23.2 Å². The normalized spacial score (nSPS) is 12.3. The number of nitrogens with one attached hydrogen (secondary N) is 1. The van der Waals surface area contributed by atoms with Crippen molar-refractivity contribution in [2.45, 2.75) is 26.1 Å². The second-order valence-corrected chi connectivity index (χ2v) is 4.08. The standard InChI is InChI=1S/C11H14ClNO/c1-7-4-5-10(8(2)6-7)13-11(14)9(3)12/h4-6,9H,1-3H3,(H,13,14). The molecule has 0 radical (unpaired) electrons. The van der Waals surface area contributed by atoms with E-state index >= 15 is 0 Å². The Morgan fingerprint density at radius 3 is 2.57 bits per heavy atom. The third-order valence-corrected chi connectivity index (χ3v) is 2.20. The Morgan fingerprint density at radius 1 is 1.43 bits per heavy atom. The predicted molar refractivity (Wildman–Crippen MR) is 59.9 cm³/mol. The minimum absolute atomic E-state index is 0.168. The van der Waals surface area contributed by atoms with Crippen LogP contribution in [0.5, 0.6) is 0 Å². The molecule has 0 heterocycles. The molecule has 1 N–H and O–H groups in total. The van der Waals surface area contributed by atoms with Crippen LogP contribution >= 0.6 is 11.6 Å². The first kappa shape index (κ1) is 11.1. The highest BCUT2D eigenvalue weighted by atomic mass is 35.5. The van der Waals surface area contributed by atoms with E-state index in [2.05, 4.69) is 5.32 Å². The predicted octanol–water partition coefficient (Wildman–Crippen LogP) is 2.87. The van der Waals surface area contributed by atoms with Gasteiger partial charge in [0.15, 0.2) is 0 Å². The van der Waals surface area contributed by atoms with Gasteiger partial charge in [-0.2, -0.15) is 0 Å². The molecule has 1 aromatic rings. The highest BCUT2D eigenvalue weighted by Gasteiger charge is 2.09. The smallest absolute Gasteiger partial charge is 0.242 e. The van der Waals surface area contributed by atoms with E-state index < -0.39 is 5.38 Å². The number of rotatable bonds is 2. The van der Waals surface area contributed by atoms with Crippen LogP contribution in [-0.2, 0) is 4.79 Å². The first-order valence-electron chi connectivity index (χ1n) is 4.53. The van der Waals surface area contributed by atoms with Gasteiger partial charge in [0, 0.05) is 5.69 Å². The van der Waals surface area contributed by atoms with Crippen LogP contribution in [0.15, 0.2) is 18.2 Å². The number of hydrogen-bond donors (Lipinski definition) is 1. The average Bonchev–Trinajstić information content (AvgIpc) is 2.09. The van der Waals surface area contributed by atoms with Gasteiger partial charge in [0.25, 0.3) is 0 Å². The molecule has 1 rings (SSSR count). The third kappa shape index (κ3) is 2.74. The van der Waals surface area contributed by atoms with Crippen molar-refractivity contribution in [2.75, 3.05) is 5.32 Å². The number of alkyl halides is 1. The van der Waals surface area contributed by atoms with Crippen LogP contribution in [0, 0.1) is 13.8 Å². The molecule has 0 aliphatic rings. The van der Waals surface area contributed by atoms with Gasteiger partial charge >= 0.3 is 0 Å². The lowest BCUT2D eigenvalue weighted by atomic mass is 10.1. The van der Waals surface area contributed by atoms with E-state index in [1.807, 2.05) is 32.0 Å². The Kier molecular flexibility index (Phi) is 3.53. The summed E-state index contributed by atoms with van der Waals surface area (Å²) in [6.07, 6.45) is 0. The van der Waals surface area contributed by atoms with E-state index in [1.54, 1.807) is 6.92 Å². The van der Waals surface area contributed by atoms with Gasteiger partial charge in [-0.05, 0) is 32.4 Å². The lowest BCUT2D eigenvalue weighted by Gasteiger charge is -2.09. The topological polar surface area (TPSA) is 29.1 Å². The number of amides is 1. The summed E-state index contributed by atoms with van der Waals surface area (Å²) in [4.78, 5) is 11.3. The number of benzene rings is 1. The van der Waals surface area contributed by atoms with Gasteiger partial charge in [-0.15, -0.1) is 11.6 Å². The van der Waals surface area contributed by atoms with Crippen molar-refractivity contribution in [3.05, 3.63) is 29.3 Å².